The lowest BCUT2D eigenvalue weighted by Crippen LogP contribution is -2.47. The number of likely N-dealkylation sites (N-methyl/N-ethyl adjacent to an activating group) is 1. The molecule has 128 valence electrons. The molecule has 0 spiro atoms. The molecule has 1 unspecified atom stereocenters. The van der Waals surface area contributed by atoms with E-state index in [1.165, 1.54) is 4.90 Å². The molecule has 0 aromatic heterocycles. The van der Waals surface area contributed by atoms with Gasteiger partial charge in [-0.25, -0.2) is 4.99 Å². The number of nitrogens with two attached hydrogens (primary N) is 1. The Balaban J connectivity index is 2.28. The molecule has 1 heterocycles. The average Bonchev–Trinajstić information content (AvgIpc) is 2.66. The first-order valence-electron chi connectivity index (χ1n) is 7.34. The standard InChI is InChI=1S/C17H14Cl2N4OS/c1-23-13-7-6-9(18)8-11(13)14(10-4-2-3-5-12(10)19)21-15(16(23)24)22-17(20)25/h2-8,15H,1H3,(H3,20,22,25). The topological polar surface area (TPSA) is 70.7 Å². The van der Waals surface area contributed by atoms with Gasteiger partial charge in [-0.2, -0.15) is 0 Å². The number of rotatable bonds is 2. The lowest BCUT2D eigenvalue weighted by Gasteiger charge is -2.21. The highest BCUT2D eigenvalue weighted by molar-refractivity contribution is 7.80. The molecule has 0 fully saturated rings. The van der Waals surface area contributed by atoms with Crippen LogP contribution in [0.25, 0.3) is 0 Å². The predicted molar refractivity (Wildman–Crippen MR) is 106 cm³/mol. The second-order valence-electron chi connectivity index (χ2n) is 5.43. The molecule has 3 rings (SSSR count). The Kier molecular flexibility index (Phi) is 4.94. The van der Waals surface area contributed by atoms with Crippen molar-refractivity contribution in [3.05, 3.63) is 63.6 Å². The van der Waals surface area contributed by atoms with Crippen LogP contribution in [-0.2, 0) is 4.79 Å². The van der Waals surface area contributed by atoms with Gasteiger partial charge in [0.25, 0.3) is 5.91 Å². The number of nitrogens with one attached hydrogen (secondary N) is 1. The van der Waals surface area contributed by atoms with E-state index in [0.29, 0.717) is 32.6 Å². The van der Waals surface area contributed by atoms with Crippen molar-refractivity contribution in [2.75, 3.05) is 11.9 Å². The number of hydrogen-bond acceptors (Lipinski definition) is 3. The van der Waals surface area contributed by atoms with Gasteiger partial charge in [-0.3, -0.25) is 4.79 Å². The Bertz CT molecular complexity index is 900. The number of benzodiazepines with no additional fused rings is 1. The van der Waals surface area contributed by atoms with Crippen molar-refractivity contribution in [3.63, 3.8) is 0 Å². The SMILES string of the molecule is CN1C(=O)C(NC(N)=S)N=C(c2ccccc2Cl)c2cc(Cl)ccc21. The summed E-state index contributed by atoms with van der Waals surface area (Å²) in [6, 6.07) is 12.5. The maximum Gasteiger partial charge on any atom is 0.272 e. The summed E-state index contributed by atoms with van der Waals surface area (Å²) in [5, 5.41) is 3.75. The normalized spacial score (nSPS) is 16.8. The number of fused-ring (bicyclic) bond motifs is 1. The van der Waals surface area contributed by atoms with Crippen LogP contribution in [0, 0.1) is 0 Å². The molecule has 25 heavy (non-hydrogen) atoms. The van der Waals surface area contributed by atoms with Crippen LogP contribution >= 0.6 is 35.4 Å². The summed E-state index contributed by atoms with van der Waals surface area (Å²) < 4.78 is 0. The molecule has 1 amide bonds. The molecule has 2 aromatic rings. The van der Waals surface area contributed by atoms with Crippen LogP contribution in [0.3, 0.4) is 0 Å². The largest absolute Gasteiger partial charge is 0.376 e. The molecular weight excluding hydrogens is 379 g/mol. The molecule has 1 aliphatic rings. The predicted octanol–water partition coefficient (Wildman–Crippen LogP) is 2.97. The van der Waals surface area contributed by atoms with Crippen LogP contribution in [0.1, 0.15) is 11.1 Å². The summed E-state index contributed by atoms with van der Waals surface area (Å²) in [6.45, 7) is 0. The number of amides is 1. The number of thiocarbonyl (C=S) groups is 1. The van der Waals surface area contributed by atoms with Gasteiger partial charge in [0.05, 0.1) is 11.4 Å². The zero-order chi connectivity index (χ0) is 18.1. The van der Waals surface area contributed by atoms with Gasteiger partial charge in [-0.15, -0.1) is 0 Å². The molecule has 1 aliphatic heterocycles. The molecular formula is C17H14Cl2N4OS. The van der Waals surface area contributed by atoms with Crippen molar-refractivity contribution in [1.82, 2.24) is 5.32 Å². The van der Waals surface area contributed by atoms with Crippen LogP contribution in [-0.4, -0.2) is 29.9 Å². The molecule has 3 N–H and O–H groups in total. The van der Waals surface area contributed by atoms with E-state index in [2.05, 4.69) is 10.3 Å². The molecule has 0 saturated heterocycles. The lowest BCUT2D eigenvalue weighted by molar-refractivity contribution is -0.119. The van der Waals surface area contributed by atoms with E-state index in [9.17, 15) is 4.79 Å². The third kappa shape index (κ3) is 3.46. The number of hydrogen-bond donors (Lipinski definition) is 2. The van der Waals surface area contributed by atoms with Gasteiger partial charge in [0, 0.05) is 28.2 Å². The molecule has 0 bridgehead atoms. The smallest absolute Gasteiger partial charge is 0.272 e. The number of benzene rings is 2. The minimum absolute atomic E-state index is 0.0157. The molecule has 5 nitrogen and oxygen atoms in total. The summed E-state index contributed by atoms with van der Waals surface area (Å²) in [5.74, 6) is -0.293. The van der Waals surface area contributed by atoms with E-state index < -0.39 is 6.17 Å². The summed E-state index contributed by atoms with van der Waals surface area (Å²) in [5.41, 5.74) is 8.15. The van der Waals surface area contributed by atoms with E-state index in [1.54, 1.807) is 31.3 Å². The van der Waals surface area contributed by atoms with E-state index in [0.717, 1.165) is 0 Å². The van der Waals surface area contributed by atoms with Crippen LogP contribution < -0.4 is 16.0 Å². The van der Waals surface area contributed by atoms with E-state index >= 15 is 0 Å². The van der Waals surface area contributed by atoms with Crippen LogP contribution in [0.5, 0.6) is 0 Å². The van der Waals surface area contributed by atoms with Crippen molar-refractivity contribution in [3.8, 4) is 0 Å². The van der Waals surface area contributed by atoms with Gasteiger partial charge < -0.3 is 16.0 Å². The second-order valence-corrected chi connectivity index (χ2v) is 6.71. The summed E-state index contributed by atoms with van der Waals surface area (Å²) in [6.07, 6.45) is -0.958. The van der Waals surface area contributed by atoms with Gasteiger partial charge in [-0.1, -0.05) is 41.4 Å². The van der Waals surface area contributed by atoms with Gasteiger partial charge in [0.2, 0.25) is 6.17 Å². The fraction of sp³-hybridized carbons (Fsp3) is 0.118. The van der Waals surface area contributed by atoms with Crippen molar-refractivity contribution in [1.29, 1.82) is 0 Å². The van der Waals surface area contributed by atoms with E-state index in [-0.39, 0.29) is 11.0 Å². The minimum Gasteiger partial charge on any atom is -0.376 e. The van der Waals surface area contributed by atoms with Crippen LogP contribution in [0.15, 0.2) is 47.5 Å². The highest BCUT2D eigenvalue weighted by Crippen LogP contribution is 2.31. The van der Waals surface area contributed by atoms with Gasteiger partial charge >= 0.3 is 0 Å². The summed E-state index contributed by atoms with van der Waals surface area (Å²) >= 11 is 17.4. The summed E-state index contributed by atoms with van der Waals surface area (Å²) in [7, 11) is 1.66. The number of nitrogens with zero attached hydrogens (tertiary/aromatic N) is 2. The first-order valence-corrected chi connectivity index (χ1v) is 8.51. The Morgan fingerprint density at radius 1 is 1.24 bits per heavy atom. The second kappa shape index (κ2) is 7.00. The molecule has 0 radical (unpaired) electrons. The Morgan fingerprint density at radius 3 is 2.64 bits per heavy atom. The fourth-order valence-electron chi connectivity index (χ4n) is 2.64. The first kappa shape index (κ1) is 17.7. The number of aliphatic imine (C=N–C) groups is 1. The van der Waals surface area contributed by atoms with Crippen molar-refractivity contribution in [2.45, 2.75) is 6.17 Å². The lowest BCUT2D eigenvalue weighted by atomic mass is 10.00. The molecule has 8 heteroatoms. The van der Waals surface area contributed by atoms with Crippen LogP contribution in [0.4, 0.5) is 5.69 Å². The van der Waals surface area contributed by atoms with Gasteiger partial charge in [0.15, 0.2) is 5.11 Å². The van der Waals surface area contributed by atoms with E-state index in [1.807, 2.05) is 18.2 Å². The third-order valence-corrected chi connectivity index (χ3v) is 4.49. The van der Waals surface area contributed by atoms with E-state index in [4.69, 9.17) is 41.2 Å². The molecule has 0 saturated carbocycles. The summed E-state index contributed by atoms with van der Waals surface area (Å²) in [4.78, 5) is 18.8. The number of carbonyl (C=O) groups excluding carboxylic acids is 1. The van der Waals surface area contributed by atoms with Crippen molar-refractivity contribution >= 4 is 57.8 Å². The maximum atomic E-state index is 12.8. The van der Waals surface area contributed by atoms with Gasteiger partial charge in [0.1, 0.15) is 0 Å². The Labute approximate surface area is 160 Å². The highest BCUT2D eigenvalue weighted by atomic mass is 35.5. The van der Waals surface area contributed by atoms with Gasteiger partial charge in [-0.05, 0) is 36.5 Å². The fourth-order valence-corrected chi connectivity index (χ4v) is 3.15. The number of anilines is 1. The van der Waals surface area contributed by atoms with Crippen molar-refractivity contribution in [2.24, 2.45) is 10.7 Å². The third-order valence-electron chi connectivity index (χ3n) is 3.81. The molecule has 2 aromatic carbocycles. The average molecular weight is 393 g/mol. The quantitative estimate of drug-likeness (QED) is 0.770. The minimum atomic E-state index is -0.958. The zero-order valence-corrected chi connectivity index (χ0v) is 15.5. The zero-order valence-electron chi connectivity index (χ0n) is 13.2. The molecule has 0 aliphatic carbocycles. The highest BCUT2D eigenvalue weighted by Gasteiger charge is 2.30. The Hall–Kier alpha value is -2.15. The van der Waals surface area contributed by atoms with Crippen molar-refractivity contribution < 1.29 is 4.79 Å². The first-order chi connectivity index (χ1) is 11.9. The number of halogens is 2. The Morgan fingerprint density at radius 2 is 1.96 bits per heavy atom. The molecule has 1 atom stereocenters. The monoisotopic (exact) mass is 392 g/mol. The van der Waals surface area contributed by atoms with Crippen LogP contribution in [0.2, 0.25) is 10.0 Å². The number of carbonyl (C=O) groups is 1. The maximum absolute atomic E-state index is 12.8.